The summed E-state index contributed by atoms with van der Waals surface area (Å²) in [6.07, 6.45) is 5.48. The second-order valence-corrected chi connectivity index (χ2v) is 7.01. The van der Waals surface area contributed by atoms with Crippen LogP contribution in [0.25, 0.3) is 0 Å². The topological polar surface area (TPSA) is 29.9 Å². The number of nitrogens with zero attached hydrogens (tertiary/aromatic N) is 2. The van der Waals surface area contributed by atoms with E-state index in [0.717, 1.165) is 36.5 Å². The molecule has 0 bridgehead atoms. The largest absolute Gasteiger partial charge is 0.306 e. The third-order valence-corrected chi connectivity index (χ3v) is 5.30. The molecule has 0 amide bonds. The van der Waals surface area contributed by atoms with Gasteiger partial charge in [0.25, 0.3) is 0 Å². The Balaban J connectivity index is 1.50. The number of nitrogens with one attached hydrogen (secondary N) is 1. The zero-order chi connectivity index (χ0) is 17.1. The molecule has 1 aliphatic rings. The first-order valence-corrected chi connectivity index (χ1v) is 9.24. The normalized spacial score (nSPS) is 16.6. The second-order valence-electron chi connectivity index (χ2n) is 6.61. The Morgan fingerprint density at radius 3 is 2.72 bits per heavy atom. The molecule has 1 N–H and O–H groups in total. The lowest BCUT2D eigenvalue weighted by Gasteiger charge is -2.24. The molecule has 1 atom stereocenters. The van der Waals surface area contributed by atoms with Crippen molar-refractivity contribution >= 4 is 11.6 Å². The zero-order valence-corrected chi connectivity index (χ0v) is 14.9. The van der Waals surface area contributed by atoms with Crippen LogP contribution >= 0.6 is 11.6 Å². The minimum absolute atomic E-state index is 0.351. The number of fused-ring (bicyclic) bond motifs is 1. The monoisotopic (exact) mass is 351 g/mol. The van der Waals surface area contributed by atoms with Crippen molar-refractivity contribution in [1.29, 1.82) is 0 Å². The molecule has 1 aromatic heterocycles. The van der Waals surface area contributed by atoms with Gasteiger partial charge in [-0.25, -0.2) is 0 Å². The standard InChI is InChI=1S/C21H22ClN3/c22-19-10-5-4-9-17(19)13-23-20-11-6-12-21-18(20)14-24-25(21)15-16-7-2-1-3-8-16/h1-5,7-10,14,20,23H,6,11-13,15H2. The second kappa shape index (κ2) is 7.42. The first-order chi connectivity index (χ1) is 12.3. The van der Waals surface area contributed by atoms with Crippen LogP contribution in [0, 0.1) is 0 Å². The highest BCUT2D eigenvalue weighted by atomic mass is 35.5. The fourth-order valence-corrected chi connectivity index (χ4v) is 3.80. The van der Waals surface area contributed by atoms with Gasteiger partial charge in [0.05, 0.1) is 12.7 Å². The summed E-state index contributed by atoms with van der Waals surface area (Å²) in [5.74, 6) is 0. The molecule has 1 aliphatic carbocycles. The van der Waals surface area contributed by atoms with Crippen LogP contribution in [0.3, 0.4) is 0 Å². The quantitative estimate of drug-likeness (QED) is 0.718. The number of aromatic nitrogens is 2. The van der Waals surface area contributed by atoms with Crippen molar-refractivity contribution in [2.45, 2.75) is 38.4 Å². The number of benzene rings is 2. The zero-order valence-electron chi connectivity index (χ0n) is 14.2. The van der Waals surface area contributed by atoms with Crippen LogP contribution in [-0.2, 0) is 19.5 Å². The van der Waals surface area contributed by atoms with Crippen LogP contribution in [0.15, 0.2) is 60.8 Å². The fourth-order valence-electron chi connectivity index (χ4n) is 3.60. The summed E-state index contributed by atoms with van der Waals surface area (Å²) < 4.78 is 2.16. The van der Waals surface area contributed by atoms with Crippen molar-refractivity contribution in [3.63, 3.8) is 0 Å². The summed E-state index contributed by atoms with van der Waals surface area (Å²) in [7, 11) is 0. The van der Waals surface area contributed by atoms with Crippen molar-refractivity contribution < 1.29 is 0 Å². The number of rotatable bonds is 5. The number of hydrogen-bond acceptors (Lipinski definition) is 2. The molecule has 0 radical (unpaired) electrons. The molecular formula is C21H22ClN3. The third kappa shape index (κ3) is 3.63. The lowest BCUT2D eigenvalue weighted by molar-refractivity contribution is 0.449. The molecule has 3 nitrogen and oxygen atoms in total. The molecule has 1 unspecified atom stereocenters. The fraction of sp³-hybridized carbons (Fsp3) is 0.286. The van der Waals surface area contributed by atoms with E-state index in [1.807, 2.05) is 24.4 Å². The molecule has 0 fully saturated rings. The highest BCUT2D eigenvalue weighted by Crippen LogP contribution is 2.30. The van der Waals surface area contributed by atoms with E-state index in [0.29, 0.717) is 6.04 Å². The highest BCUT2D eigenvalue weighted by molar-refractivity contribution is 6.31. The lowest BCUT2D eigenvalue weighted by Crippen LogP contribution is -2.25. The molecule has 0 aliphatic heterocycles. The Labute approximate surface area is 153 Å². The van der Waals surface area contributed by atoms with E-state index in [9.17, 15) is 0 Å². The first kappa shape index (κ1) is 16.4. The van der Waals surface area contributed by atoms with Crippen molar-refractivity contribution in [3.8, 4) is 0 Å². The molecule has 0 saturated carbocycles. The Morgan fingerprint density at radius 1 is 1.08 bits per heavy atom. The average molecular weight is 352 g/mol. The van der Waals surface area contributed by atoms with Crippen molar-refractivity contribution in [1.82, 2.24) is 15.1 Å². The van der Waals surface area contributed by atoms with Crippen LogP contribution < -0.4 is 5.32 Å². The van der Waals surface area contributed by atoms with Gasteiger partial charge in [-0.05, 0) is 36.5 Å². The van der Waals surface area contributed by atoms with E-state index in [-0.39, 0.29) is 0 Å². The van der Waals surface area contributed by atoms with Gasteiger partial charge in [0.1, 0.15) is 0 Å². The molecule has 2 aromatic carbocycles. The molecule has 4 heteroatoms. The summed E-state index contributed by atoms with van der Waals surface area (Å²) in [4.78, 5) is 0. The predicted molar refractivity (Wildman–Crippen MR) is 102 cm³/mol. The van der Waals surface area contributed by atoms with E-state index >= 15 is 0 Å². The summed E-state index contributed by atoms with van der Waals surface area (Å²) in [6.45, 7) is 1.63. The van der Waals surface area contributed by atoms with Gasteiger partial charge < -0.3 is 5.32 Å². The SMILES string of the molecule is Clc1ccccc1CNC1CCCc2c1cnn2Cc1ccccc1. The number of hydrogen-bond donors (Lipinski definition) is 1. The van der Waals surface area contributed by atoms with Gasteiger partial charge >= 0.3 is 0 Å². The highest BCUT2D eigenvalue weighted by Gasteiger charge is 2.24. The molecule has 25 heavy (non-hydrogen) atoms. The minimum Gasteiger partial charge on any atom is -0.306 e. The molecule has 128 valence electrons. The van der Waals surface area contributed by atoms with Crippen LogP contribution in [0.1, 0.15) is 41.3 Å². The maximum absolute atomic E-state index is 6.28. The van der Waals surface area contributed by atoms with Gasteiger partial charge in [0.2, 0.25) is 0 Å². The van der Waals surface area contributed by atoms with Gasteiger partial charge in [0.15, 0.2) is 0 Å². The molecular weight excluding hydrogens is 330 g/mol. The maximum atomic E-state index is 6.28. The van der Waals surface area contributed by atoms with Crippen molar-refractivity contribution in [2.75, 3.05) is 0 Å². The van der Waals surface area contributed by atoms with E-state index in [2.05, 4.69) is 51.5 Å². The third-order valence-electron chi connectivity index (χ3n) is 4.93. The number of halogens is 1. The van der Waals surface area contributed by atoms with Crippen LogP contribution in [-0.4, -0.2) is 9.78 Å². The van der Waals surface area contributed by atoms with Crippen LogP contribution in [0.2, 0.25) is 5.02 Å². The van der Waals surface area contributed by atoms with Gasteiger partial charge in [-0.2, -0.15) is 5.10 Å². The smallest absolute Gasteiger partial charge is 0.0662 e. The summed E-state index contributed by atoms with van der Waals surface area (Å²) >= 11 is 6.28. The predicted octanol–water partition coefficient (Wildman–Crippen LogP) is 4.75. The van der Waals surface area contributed by atoms with E-state index in [1.54, 1.807) is 0 Å². The molecule has 0 saturated heterocycles. The Kier molecular flexibility index (Phi) is 4.86. The Hall–Kier alpha value is -2.10. The Morgan fingerprint density at radius 2 is 1.88 bits per heavy atom. The molecule has 0 spiro atoms. The maximum Gasteiger partial charge on any atom is 0.0662 e. The molecule has 1 heterocycles. The van der Waals surface area contributed by atoms with Gasteiger partial charge in [-0.3, -0.25) is 4.68 Å². The van der Waals surface area contributed by atoms with Crippen LogP contribution in [0.5, 0.6) is 0 Å². The van der Waals surface area contributed by atoms with Gasteiger partial charge in [-0.15, -0.1) is 0 Å². The van der Waals surface area contributed by atoms with E-state index < -0.39 is 0 Å². The van der Waals surface area contributed by atoms with Crippen LogP contribution in [0.4, 0.5) is 0 Å². The lowest BCUT2D eigenvalue weighted by atomic mass is 9.92. The molecule has 4 rings (SSSR count). The Bertz CT molecular complexity index is 841. The van der Waals surface area contributed by atoms with Crippen molar-refractivity contribution in [3.05, 3.63) is 88.2 Å². The average Bonchev–Trinajstić information content (AvgIpc) is 3.05. The van der Waals surface area contributed by atoms with Gasteiger partial charge in [0, 0.05) is 28.9 Å². The van der Waals surface area contributed by atoms with E-state index in [4.69, 9.17) is 11.6 Å². The summed E-state index contributed by atoms with van der Waals surface area (Å²) in [5.41, 5.74) is 5.15. The van der Waals surface area contributed by atoms with Crippen molar-refractivity contribution in [2.24, 2.45) is 0 Å². The first-order valence-electron chi connectivity index (χ1n) is 8.86. The summed E-state index contributed by atoms with van der Waals surface area (Å²) in [5, 5.41) is 9.17. The molecule has 3 aromatic rings. The minimum atomic E-state index is 0.351. The van der Waals surface area contributed by atoms with E-state index in [1.165, 1.54) is 23.2 Å². The summed E-state index contributed by atoms with van der Waals surface area (Å²) in [6, 6.07) is 18.9. The van der Waals surface area contributed by atoms with Gasteiger partial charge in [-0.1, -0.05) is 60.1 Å².